The third-order valence-corrected chi connectivity index (χ3v) is 8.53. The summed E-state index contributed by atoms with van der Waals surface area (Å²) in [6.07, 6.45) is 5.04. The number of hydrogen-bond donors (Lipinski definition) is 1. The number of carbonyl (C=O) groups is 2. The number of amides is 2. The number of sulfonamides is 1. The van der Waals surface area contributed by atoms with Gasteiger partial charge >= 0.3 is 0 Å². The van der Waals surface area contributed by atoms with Gasteiger partial charge in [0.1, 0.15) is 24.1 Å². The van der Waals surface area contributed by atoms with E-state index in [-0.39, 0.29) is 18.5 Å². The largest absolute Gasteiger partial charge is 0.457 e. The molecule has 0 heterocycles. The van der Waals surface area contributed by atoms with Crippen LogP contribution in [-0.4, -0.2) is 50.0 Å². The minimum atomic E-state index is -3.83. The number of nitrogens with zero attached hydrogens (tertiary/aromatic N) is 2. The van der Waals surface area contributed by atoms with Gasteiger partial charge < -0.3 is 15.0 Å². The summed E-state index contributed by atoms with van der Waals surface area (Å²) in [4.78, 5) is 28.4. The third-order valence-electron chi connectivity index (χ3n) is 6.89. The molecule has 2 amide bonds. The number of ether oxygens (including phenoxy) is 1. The molecule has 0 radical (unpaired) electrons. The lowest BCUT2D eigenvalue weighted by atomic mass is 10.1. The number of hydrogen-bond acceptors (Lipinski definition) is 5. The van der Waals surface area contributed by atoms with Crippen molar-refractivity contribution in [1.29, 1.82) is 0 Å². The van der Waals surface area contributed by atoms with Gasteiger partial charge in [-0.3, -0.25) is 13.9 Å². The Morgan fingerprint density at radius 1 is 0.975 bits per heavy atom. The third kappa shape index (κ3) is 8.08. The second-order valence-electron chi connectivity index (χ2n) is 10.00. The number of rotatable bonds is 11. The summed E-state index contributed by atoms with van der Waals surface area (Å²) in [5.74, 6) is 0.453. The molecule has 0 saturated heterocycles. The van der Waals surface area contributed by atoms with Crippen LogP contribution in [0.1, 0.15) is 38.2 Å². The highest BCUT2D eigenvalue weighted by molar-refractivity contribution is 9.10. The van der Waals surface area contributed by atoms with E-state index in [9.17, 15) is 18.0 Å². The molecule has 1 aliphatic rings. The zero-order valence-electron chi connectivity index (χ0n) is 22.6. The van der Waals surface area contributed by atoms with Crippen molar-refractivity contribution in [1.82, 2.24) is 10.2 Å². The van der Waals surface area contributed by atoms with Crippen LogP contribution in [0, 0.1) is 0 Å². The van der Waals surface area contributed by atoms with Crippen LogP contribution >= 0.6 is 15.9 Å². The van der Waals surface area contributed by atoms with Crippen LogP contribution < -0.4 is 14.4 Å². The van der Waals surface area contributed by atoms with Gasteiger partial charge in [0.15, 0.2) is 0 Å². The van der Waals surface area contributed by atoms with Crippen LogP contribution in [0.3, 0.4) is 0 Å². The van der Waals surface area contributed by atoms with Crippen LogP contribution in [0.2, 0.25) is 0 Å². The SMILES string of the molecule is C[C@H](C(=O)NC1CCCC1)N(Cc1cccc(Br)c1)C(=O)CN(c1ccc(Oc2ccccc2)cc1)S(C)(=O)=O. The molecule has 0 aromatic heterocycles. The van der Waals surface area contributed by atoms with Gasteiger partial charge in [-0.15, -0.1) is 0 Å². The summed E-state index contributed by atoms with van der Waals surface area (Å²) in [5, 5.41) is 3.06. The molecular formula is C30H34BrN3O5S. The van der Waals surface area contributed by atoms with E-state index in [1.165, 1.54) is 4.90 Å². The molecule has 1 fully saturated rings. The van der Waals surface area contributed by atoms with Gasteiger partial charge in [0, 0.05) is 17.1 Å². The Morgan fingerprint density at radius 2 is 1.62 bits per heavy atom. The monoisotopic (exact) mass is 627 g/mol. The highest BCUT2D eigenvalue weighted by Gasteiger charge is 2.31. The predicted molar refractivity (Wildman–Crippen MR) is 160 cm³/mol. The molecule has 40 heavy (non-hydrogen) atoms. The molecule has 3 aromatic carbocycles. The van der Waals surface area contributed by atoms with E-state index in [4.69, 9.17) is 4.74 Å². The Morgan fingerprint density at radius 3 is 2.25 bits per heavy atom. The number of benzene rings is 3. The molecule has 1 atom stereocenters. The molecule has 0 aliphatic heterocycles. The van der Waals surface area contributed by atoms with E-state index >= 15 is 0 Å². The van der Waals surface area contributed by atoms with Crippen molar-refractivity contribution in [2.45, 2.75) is 51.2 Å². The lowest BCUT2D eigenvalue weighted by molar-refractivity contribution is -0.139. The highest BCUT2D eigenvalue weighted by atomic mass is 79.9. The number of halogens is 1. The standard InChI is InChI=1S/C30H34BrN3O5S/c1-22(30(36)32-25-11-6-7-12-25)33(20-23-9-8-10-24(31)19-23)29(35)21-34(40(2,37)38)26-15-17-28(18-16-26)39-27-13-4-3-5-14-27/h3-5,8-10,13-19,22,25H,6-7,11-12,20-21H2,1-2H3,(H,32,36)/t22-/m1/s1. The van der Waals surface area contributed by atoms with E-state index in [0.29, 0.717) is 17.2 Å². The Balaban J connectivity index is 1.55. The Bertz CT molecular complexity index is 1410. The smallest absolute Gasteiger partial charge is 0.244 e. The molecule has 1 aliphatic carbocycles. The van der Waals surface area contributed by atoms with E-state index in [2.05, 4.69) is 21.2 Å². The van der Waals surface area contributed by atoms with Crippen molar-refractivity contribution < 1.29 is 22.7 Å². The van der Waals surface area contributed by atoms with Gasteiger partial charge in [-0.05, 0) is 73.9 Å². The number of anilines is 1. The average molecular weight is 629 g/mol. The van der Waals surface area contributed by atoms with Crippen molar-refractivity contribution in [2.75, 3.05) is 17.1 Å². The summed E-state index contributed by atoms with van der Waals surface area (Å²) in [6.45, 7) is 1.38. The van der Waals surface area contributed by atoms with Gasteiger partial charge in [-0.25, -0.2) is 8.42 Å². The van der Waals surface area contributed by atoms with Crippen LogP contribution in [0.15, 0.2) is 83.3 Å². The Kier molecular flexibility index (Phi) is 9.86. The van der Waals surface area contributed by atoms with Crippen LogP contribution in [0.25, 0.3) is 0 Å². The number of carbonyl (C=O) groups excluding carboxylic acids is 2. The molecule has 3 aromatic rings. The van der Waals surface area contributed by atoms with Crippen LogP contribution in [0.4, 0.5) is 5.69 Å². The molecular weight excluding hydrogens is 594 g/mol. The van der Waals surface area contributed by atoms with Crippen molar-refractivity contribution in [2.24, 2.45) is 0 Å². The Hall–Kier alpha value is -3.37. The van der Waals surface area contributed by atoms with Crippen molar-refractivity contribution >= 4 is 43.5 Å². The lowest BCUT2D eigenvalue weighted by Crippen LogP contribution is -2.52. The molecule has 1 N–H and O–H groups in total. The van der Waals surface area contributed by atoms with E-state index in [1.807, 2.05) is 54.6 Å². The van der Waals surface area contributed by atoms with Gasteiger partial charge in [0.25, 0.3) is 0 Å². The maximum Gasteiger partial charge on any atom is 0.244 e. The quantitative estimate of drug-likeness (QED) is 0.303. The molecule has 212 valence electrons. The fourth-order valence-corrected chi connectivity index (χ4v) is 6.02. The first-order chi connectivity index (χ1) is 19.1. The molecule has 8 nitrogen and oxygen atoms in total. The highest BCUT2D eigenvalue weighted by Crippen LogP contribution is 2.26. The van der Waals surface area contributed by atoms with Gasteiger partial charge in [0.2, 0.25) is 21.8 Å². The van der Waals surface area contributed by atoms with Crippen LogP contribution in [0.5, 0.6) is 11.5 Å². The first-order valence-electron chi connectivity index (χ1n) is 13.2. The second kappa shape index (κ2) is 13.3. The van der Waals surface area contributed by atoms with E-state index in [0.717, 1.165) is 46.3 Å². The predicted octanol–water partition coefficient (Wildman–Crippen LogP) is 5.48. The van der Waals surface area contributed by atoms with Crippen LogP contribution in [-0.2, 0) is 26.2 Å². The van der Waals surface area contributed by atoms with Crippen molar-refractivity contribution in [3.8, 4) is 11.5 Å². The van der Waals surface area contributed by atoms with Crippen molar-refractivity contribution in [3.05, 3.63) is 88.9 Å². The molecule has 0 spiro atoms. The fraction of sp³-hybridized carbons (Fsp3) is 0.333. The maximum absolute atomic E-state index is 13.8. The molecule has 1 saturated carbocycles. The van der Waals surface area contributed by atoms with Gasteiger partial charge in [0.05, 0.1) is 11.9 Å². The molecule has 0 unspecified atom stereocenters. The Labute approximate surface area is 244 Å². The van der Waals surface area contributed by atoms with E-state index < -0.39 is 28.5 Å². The summed E-state index contributed by atoms with van der Waals surface area (Å²) >= 11 is 3.46. The maximum atomic E-state index is 13.8. The fourth-order valence-electron chi connectivity index (χ4n) is 4.73. The van der Waals surface area contributed by atoms with Crippen molar-refractivity contribution in [3.63, 3.8) is 0 Å². The first kappa shape index (κ1) is 29.6. The lowest BCUT2D eigenvalue weighted by Gasteiger charge is -2.32. The summed E-state index contributed by atoms with van der Waals surface area (Å²) < 4.78 is 33.4. The van der Waals surface area contributed by atoms with Gasteiger partial charge in [-0.1, -0.05) is 59.1 Å². The zero-order valence-corrected chi connectivity index (χ0v) is 25.0. The zero-order chi connectivity index (χ0) is 28.7. The van der Waals surface area contributed by atoms with Gasteiger partial charge in [-0.2, -0.15) is 0 Å². The number of nitrogens with one attached hydrogen (secondary N) is 1. The minimum Gasteiger partial charge on any atom is -0.457 e. The summed E-state index contributed by atoms with van der Waals surface area (Å²) in [5.41, 5.74) is 1.14. The topological polar surface area (TPSA) is 96.0 Å². The summed E-state index contributed by atoms with van der Waals surface area (Å²) in [7, 11) is -3.83. The summed E-state index contributed by atoms with van der Waals surface area (Å²) in [6, 6.07) is 22.5. The normalized spacial score (nSPS) is 14.4. The molecule has 4 rings (SSSR count). The molecule has 10 heteroatoms. The molecule has 0 bridgehead atoms. The second-order valence-corrected chi connectivity index (χ2v) is 12.8. The van der Waals surface area contributed by atoms with E-state index in [1.54, 1.807) is 31.2 Å². The number of para-hydroxylation sites is 1. The first-order valence-corrected chi connectivity index (χ1v) is 15.9. The average Bonchev–Trinajstić information content (AvgIpc) is 3.43. The minimum absolute atomic E-state index is 0.0990.